The minimum atomic E-state index is 1.14. The zero-order chi connectivity index (χ0) is 55.2. The van der Waals surface area contributed by atoms with Crippen LogP contribution in [0.2, 0.25) is 0 Å². The smallest absolute Gasteiger partial charge is 0.0619 e. The lowest BCUT2D eigenvalue weighted by atomic mass is 9.84. The maximum absolute atomic E-state index is 2.62. The molecule has 17 aromatic rings. The molecule has 0 aliphatic heterocycles. The van der Waals surface area contributed by atoms with Crippen LogP contribution >= 0.6 is 0 Å². The maximum Gasteiger partial charge on any atom is 0.0619 e. The van der Waals surface area contributed by atoms with Gasteiger partial charge in [0.25, 0.3) is 0 Å². The van der Waals surface area contributed by atoms with E-state index in [1.807, 2.05) is 0 Å². The lowest BCUT2D eigenvalue weighted by Gasteiger charge is -2.21. The molecule has 0 radical (unpaired) electrons. The Morgan fingerprint density at radius 3 is 0.702 bits per heavy atom. The molecule has 0 amide bonds. The second-order valence-electron chi connectivity index (χ2n) is 22.2. The first-order valence-electron chi connectivity index (χ1n) is 29.1. The average molecular weight is 1070 g/mol. The third-order valence-electron chi connectivity index (χ3n) is 17.6. The van der Waals surface area contributed by atoms with Crippen LogP contribution in [0.1, 0.15) is 0 Å². The number of aromatic nitrogens is 2. The molecule has 17 rings (SSSR count). The van der Waals surface area contributed by atoms with E-state index in [2.05, 4.69) is 325 Å². The lowest BCUT2D eigenvalue weighted by Crippen LogP contribution is -2.01. The molecule has 84 heavy (non-hydrogen) atoms. The minimum Gasteiger partial charge on any atom is -0.307 e. The van der Waals surface area contributed by atoms with Gasteiger partial charge in [0, 0.05) is 43.4 Å². The second-order valence-corrected chi connectivity index (χ2v) is 22.2. The summed E-state index contributed by atoms with van der Waals surface area (Å²) < 4.78 is 5.24. The Balaban J connectivity index is 1.14. The van der Waals surface area contributed by atoms with Crippen LogP contribution in [0.5, 0.6) is 0 Å². The third kappa shape index (κ3) is 7.37. The summed E-state index contributed by atoms with van der Waals surface area (Å²) in [4.78, 5) is 0. The van der Waals surface area contributed by atoms with Crippen molar-refractivity contribution in [3.8, 4) is 78.4 Å². The Morgan fingerprint density at radius 2 is 0.405 bits per heavy atom. The largest absolute Gasteiger partial charge is 0.307 e. The van der Waals surface area contributed by atoms with E-state index in [0.717, 1.165) is 55.8 Å². The SMILES string of the molecule is c1ccc(-c2c3cc4c(-c5ccccc5)c(-c5ccccc5)n(-c5c6ccccc6cc6ccccc56)c4cc3c(-c3ccccc3)c3cc4c(-c5ccccc5)c(-c5ccccc5)n(-c5c6ccccc6cc6ccccc56)c4cc23)cc1. The fourth-order valence-electron chi connectivity index (χ4n) is 14.1. The first-order chi connectivity index (χ1) is 41.7. The highest BCUT2D eigenvalue weighted by atomic mass is 15.0. The molecule has 2 aromatic heterocycles. The van der Waals surface area contributed by atoms with Crippen LogP contribution in [-0.2, 0) is 0 Å². The van der Waals surface area contributed by atoms with E-state index in [1.54, 1.807) is 0 Å². The lowest BCUT2D eigenvalue weighted by molar-refractivity contribution is 1.16. The highest BCUT2D eigenvalue weighted by Gasteiger charge is 2.30. The first kappa shape index (κ1) is 47.7. The van der Waals surface area contributed by atoms with Crippen molar-refractivity contribution >= 4 is 86.4 Å². The molecule has 0 spiro atoms. The quantitative estimate of drug-likeness (QED) is 0.134. The second kappa shape index (κ2) is 19.3. The van der Waals surface area contributed by atoms with Crippen LogP contribution in [0.4, 0.5) is 0 Å². The maximum atomic E-state index is 2.62. The van der Waals surface area contributed by atoms with Crippen molar-refractivity contribution in [2.45, 2.75) is 0 Å². The van der Waals surface area contributed by atoms with Crippen LogP contribution in [0.3, 0.4) is 0 Å². The summed E-state index contributed by atoms with van der Waals surface area (Å²) in [6, 6.07) is 117. The first-order valence-corrected chi connectivity index (χ1v) is 29.1. The van der Waals surface area contributed by atoms with Gasteiger partial charge >= 0.3 is 0 Å². The van der Waals surface area contributed by atoms with Gasteiger partial charge < -0.3 is 9.13 Å². The Hall–Kier alpha value is -11.1. The highest BCUT2D eigenvalue weighted by molar-refractivity contribution is 6.28. The molecule has 2 heteroatoms. The van der Waals surface area contributed by atoms with Crippen LogP contribution < -0.4 is 0 Å². The Morgan fingerprint density at radius 1 is 0.167 bits per heavy atom. The van der Waals surface area contributed by atoms with Crippen LogP contribution in [0.15, 0.2) is 315 Å². The van der Waals surface area contributed by atoms with E-state index in [1.165, 1.54) is 109 Å². The highest BCUT2D eigenvalue weighted by Crippen LogP contribution is 2.54. The molecule has 0 saturated carbocycles. The van der Waals surface area contributed by atoms with Gasteiger partial charge in [-0.15, -0.1) is 0 Å². The summed E-state index contributed by atoms with van der Waals surface area (Å²) in [7, 11) is 0. The molecule has 2 heterocycles. The van der Waals surface area contributed by atoms with E-state index in [4.69, 9.17) is 0 Å². The van der Waals surface area contributed by atoms with Crippen molar-refractivity contribution in [2.24, 2.45) is 0 Å². The molecule has 0 N–H and O–H groups in total. The molecule has 2 nitrogen and oxygen atoms in total. The number of hydrogen-bond acceptors (Lipinski definition) is 0. The van der Waals surface area contributed by atoms with Gasteiger partial charge in [-0.1, -0.05) is 279 Å². The van der Waals surface area contributed by atoms with Gasteiger partial charge in [-0.05, 0) is 124 Å². The van der Waals surface area contributed by atoms with E-state index >= 15 is 0 Å². The van der Waals surface area contributed by atoms with Gasteiger partial charge in [-0.25, -0.2) is 0 Å². The van der Waals surface area contributed by atoms with Crippen molar-refractivity contribution < 1.29 is 0 Å². The molecule has 0 aliphatic rings. The molecule has 0 aliphatic carbocycles. The Kier molecular flexibility index (Phi) is 11.0. The van der Waals surface area contributed by atoms with Gasteiger partial charge in [-0.3, -0.25) is 0 Å². The summed E-state index contributed by atoms with van der Waals surface area (Å²) >= 11 is 0. The van der Waals surface area contributed by atoms with Crippen molar-refractivity contribution in [3.63, 3.8) is 0 Å². The van der Waals surface area contributed by atoms with Crippen molar-refractivity contribution in [2.75, 3.05) is 0 Å². The normalized spacial score (nSPS) is 11.8. The van der Waals surface area contributed by atoms with E-state index < -0.39 is 0 Å². The summed E-state index contributed by atoms with van der Waals surface area (Å²) in [5.41, 5.74) is 18.7. The summed E-state index contributed by atoms with van der Waals surface area (Å²) in [6.07, 6.45) is 0. The van der Waals surface area contributed by atoms with Gasteiger partial charge in [0.05, 0.1) is 33.8 Å². The number of nitrogens with zero attached hydrogens (tertiary/aromatic N) is 2. The number of benzene rings is 15. The predicted molar refractivity (Wildman–Crippen MR) is 358 cm³/mol. The van der Waals surface area contributed by atoms with E-state index in [-0.39, 0.29) is 0 Å². The van der Waals surface area contributed by atoms with Crippen LogP contribution in [0, 0.1) is 0 Å². The predicted octanol–water partition coefficient (Wildman–Crippen LogP) is 22.5. The molecule has 0 unspecified atom stereocenters. The van der Waals surface area contributed by atoms with E-state index in [9.17, 15) is 0 Å². The van der Waals surface area contributed by atoms with Crippen LogP contribution in [0.25, 0.3) is 165 Å². The van der Waals surface area contributed by atoms with Crippen molar-refractivity contribution in [1.29, 1.82) is 0 Å². The molecule has 0 atom stereocenters. The topological polar surface area (TPSA) is 9.86 Å². The number of fused-ring (bicyclic) bond motifs is 8. The fraction of sp³-hybridized carbons (Fsp3) is 0. The van der Waals surface area contributed by atoms with Gasteiger partial charge in [0.2, 0.25) is 0 Å². The Bertz CT molecular complexity index is 4980. The molecular weight excluding hydrogens is 1010 g/mol. The summed E-state index contributed by atoms with van der Waals surface area (Å²) in [5.74, 6) is 0. The third-order valence-corrected chi connectivity index (χ3v) is 17.6. The standard InChI is InChI=1S/C82H52N2/c1-7-27-53(28-8-1)75-67-49-71-74(84(79(57-35-15-5-16-36-57)77(71)55-31-11-3-12-32-55)82-65-45-25-21-41-61(65)48-62-42-22-26-46-66(62)82)52-70(67)76(54-29-9-2-10-30-54)68-50-72-73(51-69(68)75)83(80(58-37-17-6-18-38-58)78(72)56-33-13-4-14-34-56)81-63-43-23-19-39-59(63)47-60-40-20-24-44-64(60)81/h1-52H. The van der Waals surface area contributed by atoms with Crippen molar-refractivity contribution in [1.82, 2.24) is 9.13 Å². The fourth-order valence-corrected chi connectivity index (χ4v) is 14.1. The molecular formula is C82H52N2. The van der Waals surface area contributed by atoms with Gasteiger partial charge in [0.1, 0.15) is 0 Å². The van der Waals surface area contributed by atoms with E-state index in [0.29, 0.717) is 0 Å². The molecule has 15 aromatic carbocycles. The number of hydrogen-bond donors (Lipinski definition) is 0. The zero-order valence-electron chi connectivity index (χ0n) is 45.9. The molecule has 390 valence electrons. The van der Waals surface area contributed by atoms with Gasteiger partial charge in [0.15, 0.2) is 0 Å². The van der Waals surface area contributed by atoms with Crippen LogP contribution in [-0.4, -0.2) is 9.13 Å². The molecule has 0 saturated heterocycles. The number of rotatable bonds is 8. The van der Waals surface area contributed by atoms with Gasteiger partial charge in [-0.2, -0.15) is 0 Å². The Labute approximate surface area is 486 Å². The zero-order valence-corrected chi connectivity index (χ0v) is 45.9. The molecule has 0 fully saturated rings. The summed E-state index contributed by atoms with van der Waals surface area (Å²) in [6.45, 7) is 0. The molecule has 0 bridgehead atoms. The summed E-state index contributed by atoms with van der Waals surface area (Å²) in [5, 5.41) is 16.7. The minimum absolute atomic E-state index is 1.14. The van der Waals surface area contributed by atoms with Crippen molar-refractivity contribution in [3.05, 3.63) is 315 Å². The average Bonchev–Trinajstić information content (AvgIpc) is 1.83. The monoisotopic (exact) mass is 1060 g/mol.